The van der Waals surface area contributed by atoms with Crippen molar-refractivity contribution in [2.24, 2.45) is 0 Å². The number of nitriles is 1. The smallest absolute Gasteiger partial charge is 0.146 e. The molecular weight excluding hydrogens is 286 g/mol. The highest BCUT2D eigenvalue weighted by Crippen LogP contribution is 2.26. The molecule has 5 heteroatoms. The lowest BCUT2D eigenvalue weighted by Gasteiger charge is -2.14. The zero-order valence-electron chi connectivity index (χ0n) is 9.70. The summed E-state index contributed by atoms with van der Waals surface area (Å²) in [6.45, 7) is 0. The number of hydrogen-bond acceptors (Lipinski definition) is 2. The molecular formula is C14H9Cl2FN2. The van der Waals surface area contributed by atoms with Gasteiger partial charge in [0.25, 0.3) is 0 Å². The van der Waals surface area contributed by atoms with Crippen molar-refractivity contribution >= 4 is 28.9 Å². The first-order valence-electron chi connectivity index (χ1n) is 5.47. The second-order valence-corrected chi connectivity index (χ2v) is 4.76. The molecule has 0 spiro atoms. The summed E-state index contributed by atoms with van der Waals surface area (Å²) >= 11 is 11.8. The molecule has 0 radical (unpaired) electrons. The van der Waals surface area contributed by atoms with E-state index >= 15 is 0 Å². The standard InChI is InChI=1S/C14H9Cl2FN2/c15-10-5-9(6-11(16)7-10)14(8-18)19-13-4-2-1-3-12(13)17/h1-7,14,19H. The van der Waals surface area contributed by atoms with Crippen LogP contribution < -0.4 is 5.32 Å². The van der Waals surface area contributed by atoms with Crippen molar-refractivity contribution in [2.75, 3.05) is 5.32 Å². The van der Waals surface area contributed by atoms with Gasteiger partial charge in [0.2, 0.25) is 0 Å². The number of nitrogens with one attached hydrogen (secondary N) is 1. The highest BCUT2D eigenvalue weighted by Gasteiger charge is 2.13. The molecule has 0 heterocycles. The number of benzene rings is 2. The molecule has 2 aromatic rings. The van der Waals surface area contributed by atoms with Crippen LogP contribution in [0.25, 0.3) is 0 Å². The first-order chi connectivity index (χ1) is 9.10. The number of rotatable bonds is 3. The van der Waals surface area contributed by atoms with E-state index in [1.54, 1.807) is 36.4 Å². The second-order valence-electron chi connectivity index (χ2n) is 3.89. The van der Waals surface area contributed by atoms with E-state index in [0.29, 0.717) is 15.6 Å². The molecule has 1 N–H and O–H groups in total. The molecule has 1 unspecified atom stereocenters. The van der Waals surface area contributed by atoms with Crippen molar-refractivity contribution in [1.82, 2.24) is 0 Å². The molecule has 19 heavy (non-hydrogen) atoms. The van der Waals surface area contributed by atoms with Crippen LogP contribution in [0, 0.1) is 17.1 Å². The van der Waals surface area contributed by atoms with Crippen LogP contribution in [0.2, 0.25) is 10.0 Å². The molecule has 2 aromatic carbocycles. The molecule has 2 rings (SSSR count). The van der Waals surface area contributed by atoms with E-state index in [-0.39, 0.29) is 5.69 Å². The zero-order valence-corrected chi connectivity index (χ0v) is 11.2. The number of hydrogen-bond donors (Lipinski definition) is 1. The fourth-order valence-electron chi connectivity index (χ4n) is 1.67. The van der Waals surface area contributed by atoms with Crippen LogP contribution in [0.1, 0.15) is 11.6 Å². The van der Waals surface area contributed by atoms with Crippen LogP contribution in [0.5, 0.6) is 0 Å². The Labute approximate surface area is 120 Å². The first kappa shape index (κ1) is 13.7. The summed E-state index contributed by atoms with van der Waals surface area (Å²) in [5.74, 6) is -0.420. The van der Waals surface area contributed by atoms with Crippen LogP contribution in [0.15, 0.2) is 42.5 Å². The lowest BCUT2D eigenvalue weighted by Crippen LogP contribution is -2.09. The summed E-state index contributed by atoms with van der Waals surface area (Å²) in [4.78, 5) is 0. The van der Waals surface area contributed by atoms with Gasteiger partial charge in [-0.25, -0.2) is 4.39 Å². The van der Waals surface area contributed by atoms with Gasteiger partial charge in [0, 0.05) is 10.0 Å². The maximum atomic E-state index is 13.5. The van der Waals surface area contributed by atoms with Crippen LogP contribution in [-0.2, 0) is 0 Å². The Morgan fingerprint density at radius 1 is 1.11 bits per heavy atom. The molecule has 0 saturated carbocycles. The third kappa shape index (κ3) is 3.37. The Morgan fingerprint density at radius 2 is 1.74 bits per heavy atom. The quantitative estimate of drug-likeness (QED) is 0.882. The molecule has 0 fully saturated rings. The van der Waals surface area contributed by atoms with Gasteiger partial charge in [0.05, 0.1) is 11.8 Å². The number of para-hydroxylation sites is 1. The molecule has 1 atom stereocenters. The van der Waals surface area contributed by atoms with Gasteiger partial charge in [0.15, 0.2) is 0 Å². The number of halogens is 3. The Kier molecular flexibility index (Phi) is 4.26. The predicted octanol–water partition coefficient (Wildman–Crippen LogP) is 4.81. The average Bonchev–Trinajstić information content (AvgIpc) is 2.36. The summed E-state index contributed by atoms with van der Waals surface area (Å²) in [7, 11) is 0. The maximum Gasteiger partial charge on any atom is 0.146 e. The van der Waals surface area contributed by atoms with E-state index in [1.807, 2.05) is 0 Å². The summed E-state index contributed by atoms with van der Waals surface area (Å²) in [6.07, 6.45) is 0. The summed E-state index contributed by atoms with van der Waals surface area (Å²) < 4.78 is 13.5. The summed E-state index contributed by atoms with van der Waals surface area (Å²) in [5.41, 5.74) is 0.841. The minimum atomic E-state index is -0.729. The van der Waals surface area contributed by atoms with Gasteiger partial charge in [-0.2, -0.15) is 5.26 Å². The van der Waals surface area contributed by atoms with Crippen molar-refractivity contribution in [3.63, 3.8) is 0 Å². The minimum absolute atomic E-state index is 0.255. The summed E-state index contributed by atoms with van der Waals surface area (Å²) in [5, 5.41) is 12.9. The van der Waals surface area contributed by atoms with Gasteiger partial charge >= 0.3 is 0 Å². The van der Waals surface area contributed by atoms with Gasteiger partial charge in [-0.05, 0) is 35.9 Å². The fraction of sp³-hybridized carbons (Fsp3) is 0.0714. The highest BCUT2D eigenvalue weighted by molar-refractivity contribution is 6.34. The molecule has 2 nitrogen and oxygen atoms in total. The van der Waals surface area contributed by atoms with E-state index in [9.17, 15) is 9.65 Å². The van der Waals surface area contributed by atoms with Crippen LogP contribution in [0.3, 0.4) is 0 Å². The van der Waals surface area contributed by atoms with Gasteiger partial charge < -0.3 is 5.32 Å². The van der Waals surface area contributed by atoms with Crippen LogP contribution in [0.4, 0.5) is 10.1 Å². The van der Waals surface area contributed by atoms with Crippen molar-refractivity contribution in [3.05, 3.63) is 63.9 Å². The minimum Gasteiger partial charge on any atom is -0.364 e. The second kappa shape index (κ2) is 5.92. The first-order valence-corrected chi connectivity index (χ1v) is 6.22. The number of anilines is 1. The molecule has 0 aliphatic carbocycles. The molecule has 0 amide bonds. The lowest BCUT2D eigenvalue weighted by molar-refractivity contribution is 0.629. The van der Waals surface area contributed by atoms with E-state index in [1.165, 1.54) is 6.07 Å². The van der Waals surface area contributed by atoms with Gasteiger partial charge in [-0.1, -0.05) is 35.3 Å². The van der Waals surface area contributed by atoms with Crippen molar-refractivity contribution in [1.29, 1.82) is 5.26 Å². The predicted molar refractivity (Wildman–Crippen MR) is 74.8 cm³/mol. The molecule has 0 aliphatic heterocycles. The number of nitrogens with zero attached hydrogens (tertiary/aromatic N) is 1. The largest absolute Gasteiger partial charge is 0.364 e. The van der Waals surface area contributed by atoms with Crippen LogP contribution >= 0.6 is 23.2 Å². The van der Waals surface area contributed by atoms with Crippen molar-refractivity contribution < 1.29 is 4.39 Å². The van der Waals surface area contributed by atoms with Gasteiger partial charge in [0.1, 0.15) is 11.9 Å². The average molecular weight is 295 g/mol. The van der Waals surface area contributed by atoms with E-state index in [0.717, 1.165) is 0 Å². The topological polar surface area (TPSA) is 35.8 Å². The third-order valence-electron chi connectivity index (χ3n) is 2.52. The lowest BCUT2D eigenvalue weighted by atomic mass is 10.1. The molecule has 0 bridgehead atoms. The maximum absolute atomic E-state index is 13.5. The monoisotopic (exact) mass is 294 g/mol. The summed E-state index contributed by atoms with van der Waals surface area (Å²) in [6, 6.07) is 12.3. The van der Waals surface area contributed by atoms with E-state index in [2.05, 4.69) is 11.4 Å². The molecule has 0 aromatic heterocycles. The fourth-order valence-corrected chi connectivity index (χ4v) is 2.21. The van der Waals surface area contributed by atoms with Gasteiger partial charge in [-0.15, -0.1) is 0 Å². The molecule has 96 valence electrons. The Hall–Kier alpha value is -1.76. The molecule has 0 saturated heterocycles. The Bertz CT molecular complexity index is 617. The Morgan fingerprint density at radius 3 is 2.32 bits per heavy atom. The molecule has 0 aliphatic rings. The third-order valence-corrected chi connectivity index (χ3v) is 2.96. The van der Waals surface area contributed by atoms with E-state index in [4.69, 9.17) is 23.2 Å². The van der Waals surface area contributed by atoms with Crippen LogP contribution in [-0.4, -0.2) is 0 Å². The SMILES string of the molecule is N#CC(Nc1ccccc1F)c1cc(Cl)cc(Cl)c1. The van der Waals surface area contributed by atoms with Crippen molar-refractivity contribution in [3.8, 4) is 6.07 Å². The highest BCUT2D eigenvalue weighted by atomic mass is 35.5. The van der Waals surface area contributed by atoms with Gasteiger partial charge in [-0.3, -0.25) is 0 Å². The van der Waals surface area contributed by atoms with Crippen molar-refractivity contribution in [2.45, 2.75) is 6.04 Å². The zero-order chi connectivity index (χ0) is 13.8. The normalized spacial score (nSPS) is 11.7. The Balaban J connectivity index is 2.31. The van der Waals surface area contributed by atoms with E-state index < -0.39 is 11.9 Å².